The minimum Gasteiger partial charge on any atom is -0.484 e. The maximum absolute atomic E-state index is 12.7. The van der Waals surface area contributed by atoms with Gasteiger partial charge in [-0.25, -0.2) is 4.39 Å². The summed E-state index contributed by atoms with van der Waals surface area (Å²) >= 11 is 5.70. The van der Waals surface area contributed by atoms with E-state index >= 15 is 0 Å². The number of hydrogen-bond acceptors (Lipinski definition) is 5. The first kappa shape index (κ1) is 19.9. The summed E-state index contributed by atoms with van der Waals surface area (Å²) in [6, 6.07) is 9.12. The molecule has 0 fully saturated rings. The highest BCUT2D eigenvalue weighted by Crippen LogP contribution is 2.25. The van der Waals surface area contributed by atoms with E-state index in [0.717, 1.165) is 6.08 Å². The predicted octanol–water partition coefficient (Wildman–Crippen LogP) is 2.63. The Balaban J connectivity index is 1.80. The number of rotatable bonds is 6. The average molecular weight is 394 g/mol. The quantitative estimate of drug-likeness (QED) is 0.445. The minimum atomic E-state index is -0.664. The number of amides is 2. The number of carbonyl (C=O) groups is 2. The van der Waals surface area contributed by atoms with E-state index in [9.17, 15) is 24.1 Å². The molecule has 2 N–H and O–H groups in total. The Bertz CT molecular complexity index is 887. The van der Waals surface area contributed by atoms with Crippen LogP contribution in [0.25, 0.3) is 6.08 Å². The first-order valence-electron chi connectivity index (χ1n) is 7.44. The Labute approximate surface area is 157 Å². The van der Waals surface area contributed by atoms with Crippen LogP contribution in [0.3, 0.4) is 0 Å². The van der Waals surface area contributed by atoms with Gasteiger partial charge in [-0.2, -0.15) is 0 Å². The van der Waals surface area contributed by atoms with Crippen LogP contribution in [0.1, 0.15) is 5.56 Å². The van der Waals surface area contributed by atoms with Crippen LogP contribution in [0.4, 0.5) is 10.1 Å². The van der Waals surface area contributed by atoms with Crippen LogP contribution < -0.4 is 15.6 Å². The van der Waals surface area contributed by atoms with Crippen molar-refractivity contribution in [1.82, 2.24) is 10.9 Å². The first-order chi connectivity index (χ1) is 12.8. The molecule has 10 heteroatoms. The second kappa shape index (κ2) is 9.30. The molecular formula is C17H13ClFN3O5. The molecular weight excluding hydrogens is 381 g/mol. The second-order valence-corrected chi connectivity index (χ2v) is 5.49. The third-order valence-corrected chi connectivity index (χ3v) is 3.42. The molecule has 0 radical (unpaired) electrons. The smallest absolute Gasteiger partial charge is 0.288 e. The van der Waals surface area contributed by atoms with E-state index in [-0.39, 0.29) is 17.3 Å². The summed E-state index contributed by atoms with van der Waals surface area (Å²) in [6.07, 6.45) is 2.40. The molecule has 0 bridgehead atoms. The topological polar surface area (TPSA) is 111 Å². The number of halogens is 2. The van der Waals surface area contributed by atoms with Crippen molar-refractivity contribution >= 4 is 35.2 Å². The van der Waals surface area contributed by atoms with E-state index in [4.69, 9.17) is 16.3 Å². The third-order valence-electron chi connectivity index (χ3n) is 3.10. The number of ether oxygens (including phenoxy) is 1. The van der Waals surface area contributed by atoms with Gasteiger partial charge in [-0.3, -0.25) is 30.6 Å². The number of carbonyl (C=O) groups excluding carboxylic acids is 2. The summed E-state index contributed by atoms with van der Waals surface area (Å²) in [4.78, 5) is 33.4. The van der Waals surface area contributed by atoms with Gasteiger partial charge < -0.3 is 4.74 Å². The van der Waals surface area contributed by atoms with Crippen LogP contribution in [0.5, 0.6) is 5.75 Å². The molecule has 0 saturated heterocycles. The van der Waals surface area contributed by atoms with Crippen molar-refractivity contribution in [3.63, 3.8) is 0 Å². The zero-order valence-corrected chi connectivity index (χ0v) is 14.4. The molecule has 27 heavy (non-hydrogen) atoms. The van der Waals surface area contributed by atoms with E-state index in [0.29, 0.717) is 11.3 Å². The lowest BCUT2D eigenvalue weighted by atomic mass is 10.2. The standard InChI is InChI=1S/C17H13ClFN3O5/c18-14-7-1-11(9-15(14)22(25)26)2-8-16(23)20-21-17(24)10-27-13-5-3-12(19)4-6-13/h1-9H,10H2,(H,20,23)(H,21,24)/b8-2+. The minimum absolute atomic E-state index is 0.0185. The highest BCUT2D eigenvalue weighted by molar-refractivity contribution is 6.32. The highest BCUT2D eigenvalue weighted by Gasteiger charge is 2.11. The lowest BCUT2D eigenvalue weighted by molar-refractivity contribution is -0.384. The summed E-state index contributed by atoms with van der Waals surface area (Å²) in [5, 5.41) is 10.8. The van der Waals surface area contributed by atoms with Gasteiger partial charge >= 0.3 is 0 Å². The molecule has 0 heterocycles. The Morgan fingerprint density at radius 1 is 1.19 bits per heavy atom. The fourth-order valence-corrected chi connectivity index (χ4v) is 2.02. The fourth-order valence-electron chi connectivity index (χ4n) is 1.83. The Kier molecular flexibility index (Phi) is 6.84. The summed E-state index contributed by atoms with van der Waals surface area (Å²) in [5.74, 6) is -1.44. The number of nitro benzene ring substituents is 1. The Morgan fingerprint density at radius 2 is 1.89 bits per heavy atom. The summed E-state index contributed by atoms with van der Waals surface area (Å²) in [7, 11) is 0. The maximum atomic E-state index is 12.7. The Morgan fingerprint density at radius 3 is 2.56 bits per heavy atom. The zero-order valence-electron chi connectivity index (χ0n) is 13.6. The maximum Gasteiger partial charge on any atom is 0.288 e. The van der Waals surface area contributed by atoms with Crippen LogP contribution in [0, 0.1) is 15.9 Å². The SMILES string of the molecule is O=C(/C=C/c1ccc(Cl)c([N+](=O)[O-])c1)NNC(=O)COc1ccc(F)cc1. The zero-order chi connectivity index (χ0) is 19.8. The molecule has 140 valence electrons. The lowest BCUT2D eigenvalue weighted by Crippen LogP contribution is -2.43. The van der Waals surface area contributed by atoms with E-state index in [2.05, 4.69) is 10.9 Å². The first-order valence-corrected chi connectivity index (χ1v) is 7.82. The van der Waals surface area contributed by atoms with Crippen LogP contribution in [-0.4, -0.2) is 23.3 Å². The van der Waals surface area contributed by atoms with Crippen molar-refractivity contribution in [3.8, 4) is 5.75 Å². The molecule has 0 aliphatic carbocycles. The molecule has 0 aliphatic heterocycles. The molecule has 0 atom stereocenters. The van der Waals surface area contributed by atoms with Gasteiger partial charge in [0.2, 0.25) is 0 Å². The number of hydrazine groups is 1. The van der Waals surface area contributed by atoms with Gasteiger partial charge in [0, 0.05) is 12.1 Å². The predicted molar refractivity (Wildman–Crippen MR) is 95.3 cm³/mol. The third kappa shape index (κ3) is 6.40. The molecule has 8 nitrogen and oxygen atoms in total. The molecule has 2 rings (SSSR count). The lowest BCUT2D eigenvalue weighted by Gasteiger charge is -2.07. The van der Waals surface area contributed by atoms with Gasteiger partial charge in [-0.1, -0.05) is 17.7 Å². The van der Waals surface area contributed by atoms with Gasteiger partial charge in [0.15, 0.2) is 6.61 Å². The molecule has 0 aromatic heterocycles. The number of hydrogen-bond donors (Lipinski definition) is 2. The van der Waals surface area contributed by atoms with Gasteiger partial charge in [-0.05, 0) is 42.0 Å². The Hall–Kier alpha value is -3.46. The van der Waals surface area contributed by atoms with Crippen molar-refractivity contribution in [2.24, 2.45) is 0 Å². The van der Waals surface area contributed by atoms with Crippen molar-refractivity contribution in [2.45, 2.75) is 0 Å². The molecule has 2 amide bonds. The largest absolute Gasteiger partial charge is 0.484 e. The fraction of sp³-hybridized carbons (Fsp3) is 0.0588. The van der Waals surface area contributed by atoms with E-state index < -0.39 is 22.6 Å². The van der Waals surface area contributed by atoms with Gasteiger partial charge in [0.25, 0.3) is 17.5 Å². The van der Waals surface area contributed by atoms with Gasteiger partial charge in [-0.15, -0.1) is 0 Å². The molecule has 0 unspecified atom stereocenters. The van der Waals surface area contributed by atoms with Gasteiger partial charge in [0.1, 0.15) is 16.6 Å². The molecule has 0 spiro atoms. The van der Waals surface area contributed by atoms with E-state index in [1.165, 1.54) is 48.5 Å². The van der Waals surface area contributed by atoms with Crippen molar-refractivity contribution in [3.05, 3.63) is 75.1 Å². The van der Waals surface area contributed by atoms with Crippen molar-refractivity contribution in [1.29, 1.82) is 0 Å². The monoisotopic (exact) mass is 393 g/mol. The van der Waals surface area contributed by atoms with E-state index in [1.54, 1.807) is 0 Å². The second-order valence-electron chi connectivity index (χ2n) is 5.08. The number of nitro groups is 1. The molecule has 2 aromatic rings. The van der Waals surface area contributed by atoms with Crippen LogP contribution in [0.2, 0.25) is 5.02 Å². The van der Waals surface area contributed by atoms with Crippen molar-refractivity contribution < 1.29 is 23.6 Å². The highest BCUT2D eigenvalue weighted by atomic mass is 35.5. The number of nitrogens with zero attached hydrogens (tertiary/aromatic N) is 1. The molecule has 2 aromatic carbocycles. The normalized spacial score (nSPS) is 10.4. The molecule has 0 aliphatic rings. The molecule has 0 saturated carbocycles. The van der Waals surface area contributed by atoms with Gasteiger partial charge in [0.05, 0.1) is 4.92 Å². The number of benzene rings is 2. The van der Waals surface area contributed by atoms with Crippen molar-refractivity contribution in [2.75, 3.05) is 6.61 Å². The summed E-state index contributed by atoms with van der Waals surface area (Å²) in [6.45, 7) is -0.390. The van der Waals surface area contributed by atoms with Crippen LogP contribution in [0.15, 0.2) is 48.5 Å². The number of nitrogens with one attached hydrogen (secondary N) is 2. The summed E-state index contributed by atoms with van der Waals surface area (Å²) in [5.41, 5.74) is 4.34. The van der Waals surface area contributed by atoms with Crippen LogP contribution in [-0.2, 0) is 9.59 Å². The average Bonchev–Trinajstić information content (AvgIpc) is 2.65. The van der Waals surface area contributed by atoms with Crippen LogP contribution >= 0.6 is 11.6 Å². The summed E-state index contributed by atoms with van der Waals surface area (Å²) < 4.78 is 17.8. The van der Waals surface area contributed by atoms with E-state index in [1.807, 2.05) is 0 Å².